The molecule has 7 nitrogen and oxygen atoms in total. The van der Waals surface area contributed by atoms with Gasteiger partial charge in [0.15, 0.2) is 11.5 Å². The number of amides is 1. The first-order valence-corrected chi connectivity index (χ1v) is 7.91. The quantitative estimate of drug-likeness (QED) is 0.597. The Hall–Kier alpha value is -1.64. The summed E-state index contributed by atoms with van der Waals surface area (Å²) in [4.78, 5) is 12.0. The van der Waals surface area contributed by atoms with E-state index in [0.717, 1.165) is 10.0 Å². The van der Waals surface area contributed by atoms with Crippen LogP contribution in [0, 0.1) is 0 Å². The molecule has 0 aliphatic carbocycles. The van der Waals surface area contributed by atoms with E-state index in [9.17, 15) is 4.79 Å². The maximum atomic E-state index is 12.0. The lowest BCUT2D eigenvalue weighted by atomic mass is 10.2. The molecule has 23 heavy (non-hydrogen) atoms. The van der Waals surface area contributed by atoms with E-state index < -0.39 is 11.7 Å². The highest BCUT2D eigenvalue weighted by atomic mass is 79.9. The average Bonchev–Trinajstić information content (AvgIpc) is 2.97. The van der Waals surface area contributed by atoms with Crippen LogP contribution in [-0.4, -0.2) is 44.8 Å². The van der Waals surface area contributed by atoms with Crippen molar-refractivity contribution in [2.45, 2.75) is 19.6 Å². The minimum Gasteiger partial charge on any atom is -0.493 e. The molecule has 0 atom stereocenters. The number of carbonyl (C=O) groups excluding carboxylic acids is 1. The molecular weight excluding hydrogens is 368 g/mol. The Bertz CT molecular complexity index is 600. The number of rotatable bonds is 6. The maximum Gasteiger partial charge on any atom is 0.300 e. The molecule has 126 valence electrons. The summed E-state index contributed by atoms with van der Waals surface area (Å²) >= 11 is 3.43. The molecule has 0 saturated carbocycles. The minimum atomic E-state index is -1.28. The fourth-order valence-electron chi connectivity index (χ4n) is 2.01. The Kier molecular flexibility index (Phi) is 5.97. The lowest BCUT2D eigenvalue weighted by Gasteiger charge is -2.18. The maximum absolute atomic E-state index is 12.0. The number of nitrogens with zero attached hydrogens (tertiary/aromatic N) is 1. The molecule has 8 heteroatoms. The summed E-state index contributed by atoms with van der Waals surface area (Å²) < 4.78 is 22.1. The van der Waals surface area contributed by atoms with Crippen molar-refractivity contribution in [3.63, 3.8) is 0 Å². The number of carbonyl (C=O) groups is 1. The summed E-state index contributed by atoms with van der Waals surface area (Å²) in [6.07, 6.45) is 1.50. The molecule has 1 aromatic carbocycles. The van der Waals surface area contributed by atoms with Gasteiger partial charge < -0.3 is 18.9 Å². The molecule has 1 N–H and O–H groups in total. The third kappa shape index (κ3) is 4.21. The number of methoxy groups -OCH3 is 1. The fourth-order valence-corrected chi connectivity index (χ4v) is 2.59. The SMILES string of the molecule is CCOc1c(Br)cc(/C=N\NC(=O)C2(C)OCCO2)cc1OC. The molecule has 0 unspecified atom stereocenters. The van der Waals surface area contributed by atoms with Crippen LogP contribution in [0.5, 0.6) is 11.5 Å². The molecule has 1 fully saturated rings. The van der Waals surface area contributed by atoms with Gasteiger partial charge in [0.2, 0.25) is 5.79 Å². The first-order chi connectivity index (χ1) is 11.0. The number of hydrogen-bond donors (Lipinski definition) is 1. The van der Waals surface area contributed by atoms with Crippen LogP contribution in [0.3, 0.4) is 0 Å². The van der Waals surface area contributed by atoms with Gasteiger partial charge in [0.1, 0.15) is 0 Å². The number of hydrazone groups is 1. The van der Waals surface area contributed by atoms with Gasteiger partial charge in [-0.3, -0.25) is 4.79 Å². The van der Waals surface area contributed by atoms with Gasteiger partial charge in [-0.15, -0.1) is 0 Å². The molecule has 2 rings (SSSR count). The summed E-state index contributed by atoms with van der Waals surface area (Å²) in [7, 11) is 1.56. The zero-order valence-corrected chi connectivity index (χ0v) is 14.8. The molecule has 1 aliphatic heterocycles. The summed E-state index contributed by atoms with van der Waals surface area (Å²) in [5.41, 5.74) is 3.14. The number of halogens is 1. The highest BCUT2D eigenvalue weighted by Gasteiger charge is 2.39. The highest BCUT2D eigenvalue weighted by Crippen LogP contribution is 2.36. The molecule has 1 amide bonds. The smallest absolute Gasteiger partial charge is 0.300 e. The van der Waals surface area contributed by atoms with Crippen molar-refractivity contribution in [1.82, 2.24) is 5.43 Å². The number of nitrogens with one attached hydrogen (secondary N) is 1. The topological polar surface area (TPSA) is 78.4 Å². The molecule has 0 bridgehead atoms. The third-order valence-corrected chi connectivity index (χ3v) is 3.76. The average molecular weight is 387 g/mol. The largest absolute Gasteiger partial charge is 0.493 e. The molecule has 1 aliphatic rings. The Morgan fingerprint density at radius 3 is 2.78 bits per heavy atom. The Balaban J connectivity index is 2.07. The molecule has 1 saturated heterocycles. The first-order valence-electron chi connectivity index (χ1n) is 7.12. The highest BCUT2D eigenvalue weighted by molar-refractivity contribution is 9.10. The van der Waals surface area contributed by atoms with E-state index in [2.05, 4.69) is 26.5 Å². The van der Waals surface area contributed by atoms with E-state index in [-0.39, 0.29) is 0 Å². The predicted molar refractivity (Wildman–Crippen MR) is 87.9 cm³/mol. The van der Waals surface area contributed by atoms with Crippen LogP contribution in [0.1, 0.15) is 19.4 Å². The van der Waals surface area contributed by atoms with Crippen molar-refractivity contribution < 1.29 is 23.7 Å². The van der Waals surface area contributed by atoms with Gasteiger partial charge >= 0.3 is 0 Å². The van der Waals surface area contributed by atoms with Gasteiger partial charge in [0.25, 0.3) is 5.91 Å². The zero-order chi connectivity index (χ0) is 16.9. The lowest BCUT2D eigenvalue weighted by molar-refractivity contribution is -0.176. The normalized spacial score (nSPS) is 16.5. The van der Waals surface area contributed by atoms with Crippen LogP contribution in [0.2, 0.25) is 0 Å². The van der Waals surface area contributed by atoms with Crippen LogP contribution in [0.25, 0.3) is 0 Å². The Labute approximate surface area is 143 Å². The fraction of sp³-hybridized carbons (Fsp3) is 0.467. The van der Waals surface area contributed by atoms with Crippen LogP contribution >= 0.6 is 15.9 Å². The molecule has 0 spiro atoms. The second-order valence-electron chi connectivity index (χ2n) is 4.81. The third-order valence-electron chi connectivity index (χ3n) is 3.17. The second-order valence-corrected chi connectivity index (χ2v) is 5.66. The van der Waals surface area contributed by atoms with Crippen molar-refractivity contribution in [3.05, 3.63) is 22.2 Å². The molecule has 0 aromatic heterocycles. The summed E-state index contributed by atoms with van der Waals surface area (Å²) in [6, 6.07) is 3.57. The van der Waals surface area contributed by atoms with Crippen LogP contribution in [0.15, 0.2) is 21.7 Å². The van der Waals surface area contributed by atoms with Crippen LogP contribution < -0.4 is 14.9 Å². The van der Waals surface area contributed by atoms with E-state index in [4.69, 9.17) is 18.9 Å². The van der Waals surface area contributed by atoms with Gasteiger partial charge in [-0.2, -0.15) is 5.10 Å². The second kappa shape index (κ2) is 7.76. The predicted octanol–water partition coefficient (Wildman–Crippen LogP) is 2.07. The van der Waals surface area contributed by atoms with Crippen molar-refractivity contribution in [1.29, 1.82) is 0 Å². The Morgan fingerprint density at radius 1 is 1.48 bits per heavy atom. The molecule has 1 heterocycles. The van der Waals surface area contributed by atoms with E-state index in [0.29, 0.717) is 31.3 Å². The van der Waals surface area contributed by atoms with Crippen molar-refractivity contribution in [3.8, 4) is 11.5 Å². The molecule has 1 aromatic rings. The number of ether oxygens (including phenoxy) is 4. The van der Waals surface area contributed by atoms with Gasteiger partial charge in [0, 0.05) is 0 Å². The Morgan fingerprint density at radius 2 is 2.17 bits per heavy atom. The van der Waals surface area contributed by atoms with Crippen LogP contribution in [0.4, 0.5) is 0 Å². The molecular formula is C15H19BrN2O5. The first kappa shape index (κ1) is 17.7. The summed E-state index contributed by atoms with van der Waals surface area (Å²) in [6.45, 7) is 4.75. The number of benzene rings is 1. The minimum absolute atomic E-state index is 0.386. The van der Waals surface area contributed by atoms with Crippen LogP contribution in [-0.2, 0) is 14.3 Å². The summed E-state index contributed by atoms with van der Waals surface area (Å²) in [5, 5.41) is 3.92. The van der Waals surface area contributed by atoms with Crippen molar-refractivity contribution in [2.75, 3.05) is 26.9 Å². The van der Waals surface area contributed by atoms with Crippen molar-refractivity contribution in [2.24, 2.45) is 5.10 Å². The van der Waals surface area contributed by atoms with Gasteiger partial charge in [-0.1, -0.05) is 0 Å². The van der Waals surface area contributed by atoms with Crippen molar-refractivity contribution >= 4 is 28.1 Å². The summed E-state index contributed by atoms with van der Waals surface area (Å²) in [5.74, 6) is -0.544. The van der Waals surface area contributed by atoms with E-state index >= 15 is 0 Å². The van der Waals surface area contributed by atoms with Gasteiger partial charge in [0.05, 0.1) is 37.6 Å². The zero-order valence-electron chi connectivity index (χ0n) is 13.2. The lowest BCUT2D eigenvalue weighted by Crippen LogP contribution is -2.43. The van der Waals surface area contributed by atoms with E-state index in [1.165, 1.54) is 6.21 Å². The standard InChI is InChI=1S/C15H19BrN2O5/c1-4-21-13-11(16)7-10(8-12(13)20-3)9-17-18-14(19)15(2)22-5-6-23-15/h7-9H,4-6H2,1-3H3,(H,18,19)/b17-9-. The molecule has 0 radical (unpaired) electrons. The monoisotopic (exact) mass is 386 g/mol. The number of hydrogen-bond acceptors (Lipinski definition) is 6. The van der Waals surface area contributed by atoms with Gasteiger partial charge in [-0.05, 0) is 47.5 Å². The van der Waals surface area contributed by atoms with E-state index in [1.54, 1.807) is 20.1 Å². The van der Waals surface area contributed by atoms with E-state index in [1.807, 2.05) is 13.0 Å². The van der Waals surface area contributed by atoms with Gasteiger partial charge in [-0.25, -0.2) is 5.43 Å².